The van der Waals surface area contributed by atoms with Crippen molar-refractivity contribution in [2.75, 3.05) is 31.3 Å². The Labute approximate surface area is 139 Å². The van der Waals surface area contributed by atoms with Crippen LogP contribution < -0.4 is 10.6 Å². The van der Waals surface area contributed by atoms with Crippen LogP contribution in [0.4, 0.5) is 5.13 Å². The molecule has 1 aromatic heterocycles. The first-order valence-corrected chi connectivity index (χ1v) is 9.46. The quantitative estimate of drug-likeness (QED) is 0.557. The van der Waals surface area contributed by atoms with Gasteiger partial charge in [0.2, 0.25) is 11.0 Å². The maximum atomic E-state index is 12.0. The van der Waals surface area contributed by atoms with Crippen molar-refractivity contribution in [2.45, 2.75) is 43.0 Å². The van der Waals surface area contributed by atoms with Crippen molar-refractivity contribution in [3.05, 3.63) is 0 Å². The van der Waals surface area contributed by atoms with Gasteiger partial charge in [0.05, 0.1) is 12.4 Å². The number of aromatic nitrogens is 2. The van der Waals surface area contributed by atoms with Gasteiger partial charge in [0.15, 0.2) is 4.34 Å². The molecule has 1 heterocycles. The molecule has 1 aliphatic rings. The van der Waals surface area contributed by atoms with E-state index in [-0.39, 0.29) is 5.91 Å². The molecule has 6 nitrogen and oxygen atoms in total. The molecule has 0 spiro atoms. The van der Waals surface area contributed by atoms with Crippen molar-refractivity contribution in [3.8, 4) is 0 Å². The number of hydrogen-bond acceptors (Lipinski definition) is 7. The third-order valence-corrected chi connectivity index (χ3v) is 5.71. The molecule has 0 bridgehead atoms. The third kappa shape index (κ3) is 6.10. The van der Waals surface area contributed by atoms with Gasteiger partial charge in [-0.15, -0.1) is 10.2 Å². The average Bonchev–Trinajstić information content (AvgIpc) is 2.96. The summed E-state index contributed by atoms with van der Waals surface area (Å²) in [6.45, 7) is 3.61. The Morgan fingerprint density at radius 1 is 1.36 bits per heavy atom. The molecular weight excluding hydrogens is 320 g/mol. The van der Waals surface area contributed by atoms with Crippen molar-refractivity contribution in [1.29, 1.82) is 0 Å². The van der Waals surface area contributed by atoms with Gasteiger partial charge in [-0.1, -0.05) is 30.0 Å². The van der Waals surface area contributed by atoms with E-state index in [0.29, 0.717) is 24.9 Å². The van der Waals surface area contributed by atoms with Crippen molar-refractivity contribution in [3.63, 3.8) is 0 Å². The first kappa shape index (κ1) is 17.5. The summed E-state index contributed by atoms with van der Waals surface area (Å²) in [5.74, 6) is 1.29. The Morgan fingerprint density at radius 2 is 2.14 bits per heavy atom. The van der Waals surface area contributed by atoms with Gasteiger partial charge in [-0.25, -0.2) is 0 Å². The monoisotopic (exact) mass is 344 g/mol. The number of carbonyl (C=O) groups is 1. The molecule has 8 heteroatoms. The van der Waals surface area contributed by atoms with Gasteiger partial charge in [0.1, 0.15) is 0 Å². The van der Waals surface area contributed by atoms with Gasteiger partial charge in [-0.3, -0.25) is 4.79 Å². The summed E-state index contributed by atoms with van der Waals surface area (Å²) in [5, 5.41) is 15.1. The van der Waals surface area contributed by atoms with Gasteiger partial charge in [0.25, 0.3) is 0 Å². The summed E-state index contributed by atoms with van der Waals surface area (Å²) >= 11 is 2.91. The molecule has 0 saturated heterocycles. The number of nitrogens with one attached hydrogen (secondary N) is 2. The molecule has 0 unspecified atom stereocenters. The Kier molecular flexibility index (Phi) is 7.41. The van der Waals surface area contributed by atoms with Crippen LogP contribution in [0.1, 0.15) is 32.6 Å². The third-order valence-electron chi connectivity index (χ3n) is 3.70. The molecule has 1 amide bonds. The van der Waals surface area contributed by atoms with Gasteiger partial charge in [-0.2, -0.15) is 0 Å². The van der Waals surface area contributed by atoms with E-state index < -0.39 is 0 Å². The van der Waals surface area contributed by atoms with E-state index in [9.17, 15) is 4.79 Å². The van der Waals surface area contributed by atoms with Crippen molar-refractivity contribution in [1.82, 2.24) is 15.5 Å². The van der Waals surface area contributed by atoms with E-state index in [0.717, 1.165) is 28.2 Å². The summed E-state index contributed by atoms with van der Waals surface area (Å²) in [6.07, 6.45) is 4.63. The summed E-state index contributed by atoms with van der Waals surface area (Å²) in [5.41, 5.74) is 0. The number of methoxy groups -OCH3 is 1. The van der Waals surface area contributed by atoms with Crippen LogP contribution in [0, 0.1) is 5.92 Å². The SMILES string of the molecule is COCCNc1nnc(SCC(=O)NC2CCC(C)CC2)s1. The van der Waals surface area contributed by atoms with Crippen LogP contribution in [-0.4, -0.2) is 48.2 Å². The van der Waals surface area contributed by atoms with Crippen molar-refractivity contribution in [2.24, 2.45) is 5.92 Å². The van der Waals surface area contributed by atoms with Crippen LogP contribution in [0.15, 0.2) is 4.34 Å². The second-order valence-corrected chi connectivity index (χ2v) is 7.81. The molecule has 0 radical (unpaired) electrons. The standard InChI is InChI=1S/C14H24N4O2S2/c1-10-3-5-11(6-4-10)16-12(19)9-21-14-18-17-13(22-14)15-7-8-20-2/h10-11H,3-9H2,1-2H3,(H,15,17)(H,16,19). The molecule has 1 fully saturated rings. The molecule has 124 valence electrons. The normalized spacial score (nSPS) is 21.5. The highest BCUT2D eigenvalue weighted by molar-refractivity contribution is 8.01. The smallest absolute Gasteiger partial charge is 0.230 e. The highest BCUT2D eigenvalue weighted by Crippen LogP contribution is 2.26. The van der Waals surface area contributed by atoms with Gasteiger partial charge < -0.3 is 15.4 Å². The Bertz CT molecular complexity index is 461. The van der Waals surface area contributed by atoms with Crippen LogP contribution in [-0.2, 0) is 9.53 Å². The molecule has 2 N–H and O–H groups in total. The zero-order chi connectivity index (χ0) is 15.8. The van der Waals surface area contributed by atoms with Gasteiger partial charge >= 0.3 is 0 Å². The fraction of sp³-hybridized carbons (Fsp3) is 0.786. The predicted octanol–water partition coefficient (Wildman–Crippen LogP) is 2.38. The van der Waals surface area contributed by atoms with Crippen molar-refractivity contribution >= 4 is 34.1 Å². The number of anilines is 1. The summed E-state index contributed by atoms with van der Waals surface area (Å²) in [6, 6.07) is 0.352. The number of nitrogens with zero attached hydrogens (tertiary/aromatic N) is 2. The maximum absolute atomic E-state index is 12.0. The summed E-state index contributed by atoms with van der Waals surface area (Å²) in [7, 11) is 1.66. The largest absolute Gasteiger partial charge is 0.383 e. The second-order valence-electron chi connectivity index (χ2n) is 5.61. The number of hydrogen-bond donors (Lipinski definition) is 2. The lowest BCUT2D eigenvalue weighted by Gasteiger charge is -2.26. The molecular formula is C14H24N4O2S2. The lowest BCUT2D eigenvalue weighted by atomic mass is 9.87. The van der Waals surface area contributed by atoms with Crippen LogP contribution in [0.2, 0.25) is 0 Å². The molecule has 0 aliphatic heterocycles. The zero-order valence-corrected chi connectivity index (χ0v) is 14.8. The zero-order valence-electron chi connectivity index (χ0n) is 13.1. The number of carbonyl (C=O) groups excluding carboxylic acids is 1. The first-order valence-electron chi connectivity index (χ1n) is 7.66. The number of rotatable bonds is 8. The fourth-order valence-corrected chi connectivity index (χ4v) is 3.99. The summed E-state index contributed by atoms with van der Waals surface area (Å²) < 4.78 is 5.78. The van der Waals surface area contributed by atoms with Crippen LogP contribution >= 0.6 is 23.1 Å². The molecule has 0 atom stereocenters. The van der Waals surface area contributed by atoms with E-state index in [2.05, 4.69) is 27.8 Å². The number of amides is 1. The topological polar surface area (TPSA) is 76.1 Å². The lowest BCUT2D eigenvalue weighted by molar-refractivity contribution is -0.119. The van der Waals surface area contributed by atoms with Crippen LogP contribution in [0.25, 0.3) is 0 Å². The first-order chi connectivity index (χ1) is 10.7. The van der Waals surface area contributed by atoms with E-state index in [1.807, 2.05) is 0 Å². The fourth-order valence-electron chi connectivity index (χ4n) is 2.40. The lowest BCUT2D eigenvalue weighted by Crippen LogP contribution is -2.38. The highest BCUT2D eigenvalue weighted by Gasteiger charge is 2.19. The van der Waals surface area contributed by atoms with Gasteiger partial charge in [0, 0.05) is 19.7 Å². The molecule has 1 saturated carbocycles. The van der Waals surface area contributed by atoms with Gasteiger partial charge in [-0.05, 0) is 31.6 Å². The minimum Gasteiger partial charge on any atom is -0.383 e. The van der Waals surface area contributed by atoms with E-state index >= 15 is 0 Å². The molecule has 1 aromatic rings. The molecule has 1 aliphatic carbocycles. The molecule has 0 aromatic carbocycles. The van der Waals surface area contributed by atoms with Crippen LogP contribution in [0.5, 0.6) is 0 Å². The number of ether oxygens (including phenoxy) is 1. The van der Waals surface area contributed by atoms with Crippen LogP contribution in [0.3, 0.4) is 0 Å². The minimum atomic E-state index is 0.0913. The van der Waals surface area contributed by atoms with Crippen molar-refractivity contribution < 1.29 is 9.53 Å². The average molecular weight is 345 g/mol. The van der Waals surface area contributed by atoms with E-state index in [1.165, 1.54) is 35.9 Å². The Balaban J connectivity index is 1.65. The minimum absolute atomic E-state index is 0.0913. The Morgan fingerprint density at radius 3 is 2.86 bits per heavy atom. The van der Waals surface area contributed by atoms with E-state index in [4.69, 9.17) is 4.74 Å². The highest BCUT2D eigenvalue weighted by atomic mass is 32.2. The second kappa shape index (κ2) is 9.32. The van der Waals surface area contributed by atoms with E-state index in [1.54, 1.807) is 7.11 Å². The predicted molar refractivity (Wildman–Crippen MR) is 90.6 cm³/mol. The molecule has 2 rings (SSSR count). The summed E-state index contributed by atoms with van der Waals surface area (Å²) in [4.78, 5) is 12.0. The maximum Gasteiger partial charge on any atom is 0.230 e. The molecule has 22 heavy (non-hydrogen) atoms. The Hall–Kier alpha value is -0.860. The number of thioether (sulfide) groups is 1.